The van der Waals surface area contributed by atoms with Gasteiger partial charge in [0, 0.05) is 30.1 Å². The molecule has 2 aromatic carbocycles. The first-order chi connectivity index (χ1) is 15.2. The minimum Gasteiger partial charge on any atom is -0.477 e. The second kappa shape index (κ2) is 8.37. The molecule has 4 aromatic rings. The summed E-state index contributed by atoms with van der Waals surface area (Å²) in [5.41, 5.74) is 0.420. The molecule has 2 aromatic heterocycles. The number of rotatable bonds is 6. The second-order valence-electron chi connectivity index (χ2n) is 8.09. The van der Waals surface area contributed by atoms with Crippen LogP contribution in [0.5, 0.6) is 0 Å². The SMILES string of the molecule is CC(C)Cn1cc(-c2ccc(Cn3cc(C(=O)O)c(=O)c4c(F)cccc43)c(F)c2)cn1. The monoisotopic (exact) mass is 437 g/mol. The molecule has 0 unspecified atom stereocenters. The van der Waals surface area contributed by atoms with Crippen molar-refractivity contribution in [2.45, 2.75) is 26.9 Å². The molecule has 6 nitrogen and oxygen atoms in total. The zero-order valence-corrected chi connectivity index (χ0v) is 17.5. The molecule has 0 aliphatic heterocycles. The minimum atomic E-state index is -1.47. The highest BCUT2D eigenvalue weighted by atomic mass is 19.1. The van der Waals surface area contributed by atoms with Crippen LogP contribution in [-0.2, 0) is 13.1 Å². The molecule has 0 spiro atoms. The fourth-order valence-electron chi connectivity index (χ4n) is 3.70. The predicted molar refractivity (Wildman–Crippen MR) is 117 cm³/mol. The van der Waals surface area contributed by atoms with Crippen molar-refractivity contribution in [3.05, 3.63) is 88.0 Å². The number of benzene rings is 2. The molecule has 0 amide bonds. The lowest BCUT2D eigenvalue weighted by Crippen LogP contribution is -2.20. The van der Waals surface area contributed by atoms with Crippen molar-refractivity contribution in [1.29, 1.82) is 0 Å². The number of aromatic nitrogens is 3. The molecule has 0 atom stereocenters. The molecule has 0 saturated carbocycles. The molecule has 0 bridgehead atoms. The van der Waals surface area contributed by atoms with Gasteiger partial charge in [0.2, 0.25) is 5.43 Å². The van der Waals surface area contributed by atoms with Crippen LogP contribution in [0.4, 0.5) is 8.78 Å². The van der Waals surface area contributed by atoms with Gasteiger partial charge in [-0.25, -0.2) is 13.6 Å². The predicted octanol–water partition coefficient (Wildman–Crippen LogP) is 4.55. The van der Waals surface area contributed by atoms with Gasteiger partial charge in [-0.05, 0) is 29.7 Å². The van der Waals surface area contributed by atoms with E-state index in [0.717, 1.165) is 24.4 Å². The van der Waals surface area contributed by atoms with E-state index in [1.165, 1.54) is 22.8 Å². The number of carboxylic acids is 1. The van der Waals surface area contributed by atoms with E-state index in [0.29, 0.717) is 11.5 Å². The van der Waals surface area contributed by atoms with Crippen LogP contribution in [0.2, 0.25) is 0 Å². The van der Waals surface area contributed by atoms with Gasteiger partial charge in [-0.2, -0.15) is 5.10 Å². The van der Waals surface area contributed by atoms with Crippen molar-refractivity contribution in [3.8, 4) is 11.1 Å². The number of carboxylic acid groups (broad SMARTS) is 1. The third-order valence-corrected chi connectivity index (χ3v) is 5.20. The fraction of sp³-hybridized carbons (Fsp3) is 0.208. The lowest BCUT2D eigenvalue weighted by molar-refractivity contribution is 0.0695. The van der Waals surface area contributed by atoms with E-state index in [1.807, 2.05) is 6.20 Å². The van der Waals surface area contributed by atoms with Crippen molar-refractivity contribution >= 4 is 16.9 Å². The molecule has 32 heavy (non-hydrogen) atoms. The zero-order chi connectivity index (χ0) is 23.0. The van der Waals surface area contributed by atoms with Gasteiger partial charge in [0.1, 0.15) is 17.2 Å². The smallest absolute Gasteiger partial charge is 0.341 e. The Balaban J connectivity index is 1.73. The first kappa shape index (κ1) is 21.4. The number of hydrogen-bond acceptors (Lipinski definition) is 3. The third-order valence-electron chi connectivity index (χ3n) is 5.20. The topological polar surface area (TPSA) is 77.1 Å². The summed E-state index contributed by atoms with van der Waals surface area (Å²) in [6, 6.07) is 8.74. The number of nitrogens with zero attached hydrogens (tertiary/aromatic N) is 3. The summed E-state index contributed by atoms with van der Waals surface area (Å²) in [4.78, 5) is 23.9. The number of hydrogen-bond donors (Lipinski definition) is 1. The summed E-state index contributed by atoms with van der Waals surface area (Å²) >= 11 is 0. The summed E-state index contributed by atoms with van der Waals surface area (Å²) in [6.07, 6.45) is 4.65. The lowest BCUT2D eigenvalue weighted by atomic mass is 10.1. The first-order valence-electron chi connectivity index (χ1n) is 10.1. The van der Waals surface area contributed by atoms with E-state index < -0.39 is 28.6 Å². The average molecular weight is 437 g/mol. The molecule has 0 aliphatic carbocycles. The Labute approximate surface area is 182 Å². The Bertz CT molecular complexity index is 1390. The second-order valence-corrected chi connectivity index (χ2v) is 8.09. The largest absolute Gasteiger partial charge is 0.477 e. The number of halogens is 2. The van der Waals surface area contributed by atoms with Gasteiger partial charge in [0.15, 0.2) is 0 Å². The average Bonchev–Trinajstić information content (AvgIpc) is 3.18. The molecule has 1 N–H and O–H groups in total. The number of aromatic carboxylic acids is 1. The van der Waals surface area contributed by atoms with E-state index in [-0.39, 0.29) is 23.0 Å². The lowest BCUT2D eigenvalue weighted by Gasteiger charge is -2.14. The Morgan fingerprint density at radius 1 is 1.09 bits per heavy atom. The van der Waals surface area contributed by atoms with Gasteiger partial charge in [0.25, 0.3) is 0 Å². The van der Waals surface area contributed by atoms with Crippen LogP contribution in [0, 0.1) is 17.6 Å². The molecular formula is C24H21F2N3O3. The molecule has 164 valence electrons. The van der Waals surface area contributed by atoms with Crippen molar-refractivity contribution in [3.63, 3.8) is 0 Å². The summed E-state index contributed by atoms with van der Waals surface area (Å²) < 4.78 is 32.5. The standard InChI is InChI=1S/C24H21F2N3O3/c1-14(2)10-29-12-17(9-27-29)15-6-7-16(20(26)8-15)11-28-13-18(24(31)32)23(30)22-19(25)4-3-5-21(22)28/h3-9,12-14H,10-11H2,1-2H3,(H,31,32). The number of pyridine rings is 1. The Hall–Kier alpha value is -3.81. The Morgan fingerprint density at radius 2 is 1.88 bits per heavy atom. The van der Waals surface area contributed by atoms with Crippen LogP contribution in [0.15, 0.2) is 59.8 Å². The quantitative estimate of drug-likeness (QED) is 0.480. The van der Waals surface area contributed by atoms with Crippen molar-refractivity contribution in [1.82, 2.24) is 14.3 Å². The van der Waals surface area contributed by atoms with E-state index in [1.54, 1.807) is 23.0 Å². The van der Waals surface area contributed by atoms with E-state index in [4.69, 9.17) is 0 Å². The van der Waals surface area contributed by atoms with Crippen LogP contribution < -0.4 is 5.43 Å². The highest BCUT2D eigenvalue weighted by molar-refractivity contribution is 5.92. The van der Waals surface area contributed by atoms with Crippen LogP contribution in [0.3, 0.4) is 0 Å². The van der Waals surface area contributed by atoms with Crippen molar-refractivity contribution in [2.75, 3.05) is 0 Å². The molecule has 0 radical (unpaired) electrons. The van der Waals surface area contributed by atoms with Gasteiger partial charge in [0.05, 0.1) is 23.6 Å². The molecule has 4 rings (SSSR count). The number of fused-ring (bicyclic) bond motifs is 1. The van der Waals surface area contributed by atoms with Crippen molar-refractivity contribution < 1.29 is 18.7 Å². The fourth-order valence-corrected chi connectivity index (χ4v) is 3.70. The van der Waals surface area contributed by atoms with E-state index >= 15 is 0 Å². The maximum absolute atomic E-state index is 15.0. The summed E-state index contributed by atoms with van der Waals surface area (Å²) in [5.74, 6) is -2.37. The van der Waals surface area contributed by atoms with E-state index in [2.05, 4.69) is 18.9 Å². The molecule has 0 aliphatic rings. The molecule has 8 heteroatoms. The summed E-state index contributed by atoms with van der Waals surface area (Å²) in [5, 5.41) is 13.3. The Kier molecular flexibility index (Phi) is 5.61. The van der Waals surface area contributed by atoms with E-state index in [9.17, 15) is 23.5 Å². The molecular weight excluding hydrogens is 416 g/mol. The van der Waals surface area contributed by atoms with Gasteiger partial charge in [-0.15, -0.1) is 0 Å². The normalized spacial score (nSPS) is 11.4. The molecule has 0 saturated heterocycles. The maximum Gasteiger partial charge on any atom is 0.341 e. The van der Waals surface area contributed by atoms with Crippen LogP contribution in [0.1, 0.15) is 29.8 Å². The molecule has 0 fully saturated rings. The maximum atomic E-state index is 15.0. The van der Waals surface area contributed by atoms with Gasteiger partial charge >= 0.3 is 5.97 Å². The van der Waals surface area contributed by atoms with Gasteiger partial charge in [-0.1, -0.05) is 32.0 Å². The van der Waals surface area contributed by atoms with Crippen molar-refractivity contribution in [2.24, 2.45) is 5.92 Å². The highest BCUT2D eigenvalue weighted by Gasteiger charge is 2.18. The van der Waals surface area contributed by atoms with Crippen LogP contribution in [0.25, 0.3) is 22.0 Å². The summed E-state index contributed by atoms with van der Waals surface area (Å²) in [7, 11) is 0. The Morgan fingerprint density at radius 3 is 2.56 bits per heavy atom. The van der Waals surface area contributed by atoms with Gasteiger partial charge in [-0.3, -0.25) is 9.48 Å². The number of carbonyl (C=O) groups is 1. The van der Waals surface area contributed by atoms with Crippen LogP contribution >= 0.6 is 0 Å². The minimum absolute atomic E-state index is 0.0702. The van der Waals surface area contributed by atoms with Gasteiger partial charge < -0.3 is 9.67 Å². The third kappa shape index (κ3) is 4.03. The molecule has 2 heterocycles. The summed E-state index contributed by atoms with van der Waals surface area (Å²) in [6.45, 7) is 4.85. The van der Waals surface area contributed by atoms with Crippen LogP contribution in [-0.4, -0.2) is 25.4 Å². The highest BCUT2D eigenvalue weighted by Crippen LogP contribution is 2.24. The first-order valence-corrected chi connectivity index (χ1v) is 10.1. The zero-order valence-electron chi connectivity index (χ0n) is 17.5.